The van der Waals surface area contributed by atoms with Crippen molar-refractivity contribution in [3.05, 3.63) is 11.8 Å². The minimum Gasteiger partial charge on any atom is -0.359 e. The molecule has 0 aliphatic carbocycles. The maximum atomic E-state index is 12.4. The Balaban J connectivity index is 2.69. The van der Waals surface area contributed by atoms with Gasteiger partial charge in [-0.2, -0.15) is 0 Å². The van der Waals surface area contributed by atoms with E-state index in [2.05, 4.69) is 10.5 Å². The van der Waals surface area contributed by atoms with Crippen LogP contribution in [0, 0.1) is 5.41 Å². The van der Waals surface area contributed by atoms with Crippen LogP contribution in [0.1, 0.15) is 61.2 Å². The summed E-state index contributed by atoms with van der Waals surface area (Å²) in [5.41, 5.74) is -0.563. The van der Waals surface area contributed by atoms with Crippen LogP contribution in [0.4, 0.5) is 5.82 Å². The molecule has 0 saturated carbocycles. The smallest absolute Gasteiger partial charge is 0.241 e. The van der Waals surface area contributed by atoms with Gasteiger partial charge in [0.05, 0.1) is 10.5 Å². The lowest BCUT2D eigenvalue weighted by Crippen LogP contribution is -2.36. The fourth-order valence-corrected chi connectivity index (χ4v) is 2.59. The number of hydrogen-bond donors (Lipinski definition) is 1. The summed E-state index contributed by atoms with van der Waals surface area (Å²) in [6.45, 7) is 15.3. The second-order valence-electron chi connectivity index (χ2n) is 8.25. The van der Waals surface area contributed by atoms with Gasteiger partial charge in [0.2, 0.25) is 5.91 Å². The van der Waals surface area contributed by atoms with E-state index in [1.54, 1.807) is 19.9 Å². The highest BCUT2D eigenvalue weighted by Crippen LogP contribution is 2.30. The molecule has 0 unspecified atom stereocenters. The SMILES string of the molecule is CC(C)(C)C(=O)CSC(C)(C)C(=O)Nc1cc(C(C)(C)C)on1. The summed E-state index contributed by atoms with van der Waals surface area (Å²) in [7, 11) is 0. The number of amides is 1. The van der Waals surface area contributed by atoms with E-state index < -0.39 is 10.2 Å². The van der Waals surface area contributed by atoms with Gasteiger partial charge in [0.15, 0.2) is 5.82 Å². The summed E-state index contributed by atoms with van der Waals surface area (Å²) in [5.74, 6) is 1.34. The van der Waals surface area contributed by atoms with Gasteiger partial charge in [-0.25, -0.2) is 0 Å². The van der Waals surface area contributed by atoms with Crippen LogP contribution in [0.3, 0.4) is 0 Å². The van der Waals surface area contributed by atoms with E-state index in [1.165, 1.54) is 11.8 Å². The molecule has 5 nitrogen and oxygen atoms in total. The Morgan fingerprint density at radius 1 is 1.13 bits per heavy atom. The Kier molecular flexibility index (Phi) is 5.73. The third kappa shape index (κ3) is 5.68. The van der Waals surface area contributed by atoms with E-state index in [0.717, 1.165) is 0 Å². The molecule has 1 N–H and O–H groups in total. The number of hydrogen-bond acceptors (Lipinski definition) is 5. The lowest BCUT2D eigenvalue weighted by Gasteiger charge is -2.24. The maximum absolute atomic E-state index is 12.4. The Morgan fingerprint density at radius 2 is 1.70 bits per heavy atom. The molecule has 0 bridgehead atoms. The number of aromatic nitrogens is 1. The Hall–Kier alpha value is -1.30. The fraction of sp³-hybridized carbons (Fsp3) is 0.706. The zero-order chi connectivity index (χ0) is 18.1. The Bertz CT molecular complexity index is 577. The van der Waals surface area contributed by atoms with Crippen molar-refractivity contribution in [1.29, 1.82) is 0 Å². The van der Waals surface area contributed by atoms with Gasteiger partial charge < -0.3 is 9.84 Å². The topological polar surface area (TPSA) is 72.2 Å². The Labute approximate surface area is 143 Å². The molecule has 1 rings (SSSR count). The lowest BCUT2D eigenvalue weighted by molar-refractivity contribution is -0.123. The summed E-state index contributed by atoms with van der Waals surface area (Å²) in [6.07, 6.45) is 0. The molecule has 0 spiro atoms. The quantitative estimate of drug-likeness (QED) is 0.876. The van der Waals surface area contributed by atoms with Crippen molar-refractivity contribution in [2.24, 2.45) is 5.41 Å². The molecule has 0 aliphatic rings. The van der Waals surface area contributed by atoms with Crippen LogP contribution in [0.25, 0.3) is 0 Å². The van der Waals surface area contributed by atoms with Crippen LogP contribution in [0.5, 0.6) is 0 Å². The van der Waals surface area contributed by atoms with Gasteiger partial charge in [-0.05, 0) is 13.8 Å². The second-order valence-corrected chi connectivity index (χ2v) is 9.85. The van der Waals surface area contributed by atoms with Crippen LogP contribution in [-0.4, -0.2) is 27.3 Å². The summed E-state index contributed by atoms with van der Waals surface area (Å²) < 4.78 is 4.53. The minimum absolute atomic E-state index is 0.125. The van der Waals surface area contributed by atoms with Gasteiger partial charge >= 0.3 is 0 Å². The molecular weight excluding hydrogens is 312 g/mol. The Morgan fingerprint density at radius 3 is 2.13 bits per heavy atom. The van der Waals surface area contributed by atoms with Crippen LogP contribution in [0.15, 0.2) is 10.6 Å². The van der Waals surface area contributed by atoms with Crippen molar-refractivity contribution in [3.63, 3.8) is 0 Å². The number of nitrogens with one attached hydrogen (secondary N) is 1. The molecule has 1 heterocycles. The van der Waals surface area contributed by atoms with Crippen molar-refractivity contribution in [2.45, 2.75) is 65.6 Å². The third-order valence-electron chi connectivity index (χ3n) is 3.44. The molecule has 0 saturated heterocycles. The van der Waals surface area contributed by atoms with Crippen LogP contribution in [0.2, 0.25) is 0 Å². The largest absolute Gasteiger partial charge is 0.359 e. The third-order valence-corrected chi connectivity index (χ3v) is 4.75. The van der Waals surface area contributed by atoms with E-state index in [1.807, 2.05) is 41.5 Å². The summed E-state index contributed by atoms with van der Waals surface area (Å²) in [6, 6.07) is 1.74. The van der Waals surface area contributed by atoms with Crippen LogP contribution >= 0.6 is 11.8 Å². The van der Waals surface area contributed by atoms with Gasteiger partial charge in [-0.3, -0.25) is 9.59 Å². The van der Waals surface area contributed by atoms with E-state index in [-0.39, 0.29) is 17.1 Å². The maximum Gasteiger partial charge on any atom is 0.241 e. The van der Waals surface area contributed by atoms with Gasteiger partial charge in [0.1, 0.15) is 11.5 Å². The van der Waals surface area contributed by atoms with E-state index in [9.17, 15) is 9.59 Å². The molecule has 130 valence electrons. The van der Waals surface area contributed by atoms with Crippen molar-refractivity contribution >= 4 is 29.3 Å². The first-order valence-electron chi connectivity index (χ1n) is 7.69. The lowest BCUT2D eigenvalue weighted by atomic mass is 9.92. The fourth-order valence-electron chi connectivity index (χ4n) is 1.48. The van der Waals surface area contributed by atoms with Crippen molar-refractivity contribution in [3.8, 4) is 0 Å². The first-order chi connectivity index (χ1) is 10.2. The number of carbonyl (C=O) groups excluding carboxylic acids is 2. The second kappa shape index (κ2) is 6.67. The number of rotatable bonds is 5. The van der Waals surface area contributed by atoms with E-state index >= 15 is 0 Å². The van der Waals surface area contributed by atoms with Crippen LogP contribution in [-0.2, 0) is 15.0 Å². The van der Waals surface area contributed by atoms with Gasteiger partial charge in [-0.15, -0.1) is 11.8 Å². The van der Waals surface area contributed by atoms with Crippen molar-refractivity contribution < 1.29 is 14.1 Å². The predicted octanol–water partition coefficient (Wildman–Crippen LogP) is 4.04. The van der Waals surface area contributed by atoms with Gasteiger partial charge in [0.25, 0.3) is 0 Å². The molecule has 1 aromatic rings. The van der Waals surface area contributed by atoms with Crippen LogP contribution < -0.4 is 5.32 Å². The standard InChI is InChI=1S/C17H28N2O3S/c1-15(2,3)11(20)10-23-17(7,8)14(21)18-13-9-12(22-19-13)16(4,5)6/h9H,10H2,1-8H3,(H,18,19,21). The number of anilines is 1. The molecule has 1 amide bonds. The number of nitrogens with zero attached hydrogens (tertiary/aromatic N) is 1. The summed E-state index contributed by atoms with van der Waals surface area (Å²) >= 11 is 1.33. The zero-order valence-electron chi connectivity index (χ0n) is 15.4. The normalized spacial score (nSPS) is 13.0. The molecule has 0 atom stereocenters. The van der Waals surface area contributed by atoms with Crippen molar-refractivity contribution in [2.75, 3.05) is 11.1 Å². The summed E-state index contributed by atoms with van der Waals surface area (Å²) in [4.78, 5) is 24.5. The minimum atomic E-state index is -0.734. The molecule has 0 fully saturated rings. The number of carbonyl (C=O) groups is 2. The molecule has 0 aromatic carbocycles. The number of Topliss-reactive ketones (excluding diaryl/α,β-unsaturated/α-hetero) is 1. The molecule has 0 aliphatic heterocycles. The highest BCUT2D eigenvalue weighted by molar-refractivity contribution is 8.02. The monoisotopic (exact) mass is 340 g/mol. The van der Waals surface area contributed by atoms with E-state index in [0.29, 0.717) is 17.3 Å². The predicted molar refractivity (Wildman–Crippen MR) is 94.8 cm³/mol. The average molecular weight is 340 g/mol. The van der Waals surface area contributed by atoms with Crippen molar-refractivity contribution in [1.82, 2.24) is 5.16 Å². The highest BCUT2D eigenvalue weighted by atomic mass is 32.2. The molecule has 23 heavy (non-hydrogen) atoms. The number of ketones is 1. The highest BCUT2D eigenvalue weighted by Gasteiger charge is 2.32. The molecule has 0 radical (unpaired) electrons. The molecule has 6 heteroatoms. The first-order valence-corrected chi connectivity index (χ1v) is 8.68. The average Bonchev–Trinajstić information content (AvgIpc) is 2.83. The van der Waals surface area contributed by atoms with E-state index in [4.69, 9.17) is 4.52 Å². The zero-order valence-corrected chi connectivity index (χ0v) is 16.2. The van der Waals surface area contributed by atoms with Gasteiger partial charge in [-0.1, -0.05) is 46.7 Å². The van der Waals surface area contributed by atoms with Gasteiger partial charge in [0, 0.05) is 16.9 Å². The molecule has 1 aromatic heterocycles. The first kappa shape index (κ1) is 19.7. The molecular formula is C17H28N2O3S. The number of thioether (sulfide) groups is 1. The summed E-state index contributed by atoms with van der Waals surface area (Å²) in [5, 5.41) is 6.65.